The normalized spacial score (nSPS) is 17.7. The number of carbonyl (C=O) groups excluding carboxylic acids is 1. The summed E-state index contributed by atoms with van der Waals surface area (Å²) in [6.45, 7) is 4.12. The van der Waals surface area contributed by atoms with Crippen molar-refractivity contribution in [1.29, 1.82) is 0 Å². The van der Waals surface area contributed by atoms with E-state index in [1.807, 2.05) is 24.3 Å². The molecule has 0 bridgehead atoms. The van der Waals surface area contributed by atoms with E-state index < -0.39 is 0 Å². The summed E-state index contributed by atoms with van der Waals surface area (Å²) < 4.78 is 5.53. The zero-order chi connectivity index (χ0) is 13.0. The van der Waals surface area contributed by atoms with Gasteiger partial charge in [-0.3, -0.25) is 0 Å². The number of aryl methyl sites for hydroxylation is 1. The van der Waals surface area contributed by atoms with Crippen LogP contribution in [0.3, 0.4) is 0 Å². The molecule has 0 aromatic heterocycles. The summed E-state index contributed by atoms with van der Waals surface area (Å²) in [4.78, 5) is 14.2. The van der Waals surface area contributed by atoms with Gasteiger partial charge in [-0.25, -0.2) is 4.79 Å². The van der Waals surface area contributed by atoms with Crippen molar-refractivity contribution in [1.82, 2.24) is 4.90 Å². The molecule has 0 N–H and O–H groups in total. The molecule has 0 spiro atoms. The highest BCUT2D eigenvalue weighted by molar-refractivity contribution is 5.89. The second-order valence-electron chi connectivity index (χ2n) is 4.96. The van der Waals surface area contributed by atoms with Crippen molar-refractivity contribution in [2.75, 3.05) is 20.1 Å². The molecule has 0 aliphatic carbocycles. The second kappa shape index (κ2) is 6.01. The van der Waals surface area contributed by atoms with Gasteiger partial charge in [-0.1, -0.05) is 19.1 Å². The molecule has 3 heteroatoms. The van der Waals surface area contributed by atoms with Gasteiger partial charge in [-0.15, -0.1) is 0 Å². The molecule has 18 heavy (non-hydrogen) atoms. The van der Waals surface area contributed by atoms with Crippen LogP contribution in [0, 0.1) is 0 Å². The highest BCUT2D eigenvalue weighted by atomic mass is 16.5. The van der Waals surface area contributed by atoms with Crippen molar-refractivity contribution in [3.63, 3.8) is 0 Å². The molecule has 1 fully saturated rings. The highest BCUT2D eigenvalue weighted by Gasteiger charge is 2.20. The van der Waals surface area contributed by atoms with Gasteiger partial charge < -0.3 is 9.64 Å². The maximum Gasteiger partial charge on any atom is 0.338 e. The zero-order valence-electron chi connectivity index (χ0n) is 11.2. The lowest BCUT2D eigenvalue weighted by Gasteiger charge is -2.28. The maximum absolute atomic E-state index is 12.0. The van der Waals surface area contributed by atoms with Crippen molar-refractivity contribution in [3.05, 3.63) is 35.4 Å². The Bertz CT molecular complexity index is 391. The molecular formula is C15H21NO2. The summed E-state index contributed by atoms with van der Waals surface area (Å²) in [6, 6.07) is 7.70. The number of hydrogen-bond acceptors (Lipinski definition) is 3. The number of esters is 1. The lowest BCUT2D eigenvalue weighted by Crippen LogP contribution is -2.35. The Hall–Kier alpha value is -1.35. The summed E-state index contributed by atoms with van der Waals surface area (Å²) >= 11 is 0. The minimum atomic E-state index is -0.188. The van der Waals surface area contributed by atoms with Crippen molar-refractivity contribution in [2.24, 2.45) is 0 Å². The Kier molecular flexibility index (Phi) is 4.37. The number of ether oxygens (including phenoxy) is 1. The van der Waals surface area contributed by atoms with Crippen LogP contribution in [-0.2, 0) is 11.2 Å². The molecule has 1 aliphatic rings. The summed E-state index contributed by atoms with van der Waals surface area (Å²) in [5.41, 5.74) is 1.90. The molecule has 1 aromatic rings. The van der Waals surface area contributed by atoms with Gasteiger partial charge in [0.2, 0.25) is 0 Å². The SMILES string of the molecule is CCc1ccc(C(=O)OC2CCN(C)CC2)cc1. The third-order valence-electron chi connectivity index (χ3n) is 3.54. The molecule has 1 heterocycles. The van der Waals surface area contributed by atoms with Gasteiger partial charge in [0.25, 0.3) is 0 Å². The van der Waals surface area contributed by atoms with Crippen molar-refractivity contribution in [2.45, 2.75) is 32.3 Å². The van der Waals surface area contributed by atoms with Crippen LogP contribution in [0.1, 0.15) is 35.7 Å². The fraction of sp³-hybridized carbons (Fsp3) is 0.533. The van der Waals surface area contributed by atoms with Crippen LogP contribution in [-0.4, -0.2) is 37.1 Å². The van der Waals surface area contributed by atoms with Crippen LogP contribution >= 0.6 is 0 Å². The number of hydrogen-bond donors (Lipinski definition) is 0. The zero-order valence-corrected chi connectivity index (χ0v) is 11.2. The lowest BCUT2D eigenvalue weighted by atomic mass is 10.1. The number of carbonyl (C=O) groups is 1. The molecule has 2 rings (SSSR count). The topological polar surface area (TPSA) is 29.5 Å². The Labute approximate surface area is 109 Å². The van der Waals surface area contributed by atoms with Gasteiger partial charge in [0, 0.05) is 13.1 Å². The molecule has 3 nitrogen and oxygen atoms in total. The fourth-order valence-electron chi connectivity index (χ4n) is 2.20. The second-order valence-corrected chi connectivity index (χ2v) is 4.96. The average Bonchev–Trinajstić information content (AvgIpc) is 2.41. The van der Waals surface area contributed by atoms with Gasteiger partial charge in [0.15, 0.2) is 0 Å². The Morgan fingerprint density at radius 1 is 1.28 bits per heavy atom. The Morgan fingerprint density at radius 2 is 1.89 bits per heavy atom. The van der Waals surface area contributed by atoms with E-state index >= 15 is 0 Å². The lowest BCUT2D eigenvalue weighted by molar-refractivity contribution is 0.0139. The molecule has 98 valence electrons. The van der Waals surface area contributed by atoms with Gasteiger partial charge in [0.05, 0.1) is 5.56 Å². The minimum absolute atomic E-state index is 0.0829. The van der Waals surface area contributed by atoms with Gasteiger partial charge >= 0.3 is 5.97 Å². The van der Waals surface area contributed by atoms with E-state index in [1.54, 1.807) is 0 Å². The van der Waals surface area contributed by atoms with Gasteiger partial charge in [-0.05, 0) is 44.0 Å². The van der Waals surface area contributed by atoms with Crippen molar-refractivity contribution >= 4 is 5.97 Å². The molecule has 0 atom stereocenters. The number of piperidine rings is 1. The van der Waals surface area contributed by atoms with Crippen LogP contribution in [0.5, 0.6) is 0 Å². The van der Waals surface area contributed by atoms with E-state index in [4.69, 9.17) is 4.74 Å². The number of nitrogens with zero attached hydrogens (tertiary/aromatic N) is 1. The summed E-state index contributed by atoms with van der Waals surface area (Å²) in [6.07, 6.45) is 2.95. The first kappa shape index (κ1) is 13.1. The van der Waals surface area contributed by atoms with E-state index in [9.17, 15) is 4.79 Å². The summed E-state index contributed by atoms with van der Waals surface area (Å²) in [5.74, 6) is -0.188. The van der Waals surface area contributed by atoms with Crippen LogP contribution in [0.2, 0.25) is 0 Å². The van der Waals surface area contributed by atoms with Crippen LogP contribution in [0.4, 0.5) is 0 Å². The third-order valence-corrected chi connectivity index (χ3v) is 3.54. The molecular weight excluding hydrogens is 226 g/mol. The quantitative estimate of drug-likeness (QED) is 0.769. The van der Waals surface area contributed by atoms with Gasteiger partial charge in [-0.2, -0.15) is 0 Å². The first-order chi connectivity index (χ1) is 8.69. The standard InChI is InChI=1S/C15H21NO2/c1-3-12-4-6-13(7-5-12)15(17)18-14-8-10-16(2)11-9-14/h4-7,14H,3,8-11H2,1-2H3. The van der Waals surface area contributed by atoms with Gasteiger partial charge in [0.1, 0.15) is 6.10 Å². The molecule has 1 aliphatic heterocycles. The van der Waals surface area contributed by atoms with E-state index in [2.05, 4.69) is 18.9 Å². The molecule has 0 saturated carbocycles. The molecule has 0 unspecified atom stereocenters. The molecule has 1 aromatic carbocycles. The van der Waals surface area contributed by atoms with Crippen molar-refractivity contribution < 1.29 is 9.53 Å². The number of likely N-dealkylation sites (tertiary alicyclic amines) is 1. The molecule has 0 amide bonds. The van der Waals surface area contributed by atoms with Crippen LogP contribution in [0.25, 0.3) is 0 Å². The Morgan fingerprint density at radius 3 is 2.44 bits per heavy atom. The smallest absolute Gasteiger partial charge is 0.338 e. The monoisotopic (exact) mass is 247 g/mol. The third kappa shape index (κ3) is 3.33. The first-order valence-corrected chi connectivity index (χ1v) is 6.67. The Balaban J connectivity index is 1.90. The minimum Gasteiger partial charge on any atom is -0.459 e. The summed E-state index contributed by atoms with van der Waals surface area (Å²) in [5, 5.41) is 0. The van der Waals surface area contributed by atoms with E-state index in [0.717, 1.165) is 32.4 Å². The first-order valence-electron chi connectivity index (χ1n) is 6.67. The van der Waals surface area contributed by atoms with E-state index in [0.29, 0.717) is 5.56 Å². The predicted molar refractivity (Wildman–Crippen MR) is 71.8 cm³/mol. The van der Waals surface area contributed by atoms with Crippen LogP contribution in [0.15, 0.2) is 24.3 Å². The number of rotatable bonds is 3. The van der Waals surface area contributed by atoms with E-state index in [-0.39, 0.29) is 12.1 Å². The highest BCUT2D eigenvalue weighted by Crippen LogP contribution is 2.15. The molecule has 0 radical (unpaired) electrons. The van der Waals surface area contributed by atoms with Crippen molar-refractivity contribution in [3.8, 4) is 0 Å². The molecule has 1 saturated heterocycles. The predicted octanol–water partition coefficient (Wildman–Crippen LogP) is 2.50. The fourth-order valence-corrected chi connectivity index (χ4v) is 2.20. The maximum atomic E-state index is 12.0. The van der Waals surface area contributed by atoms with E-state index in [1.165, 1.54) is 5.56 Å². The summed E-state index contributed by atoms with van der Waals surface area (Å²) in [7, 11) is 2.10. The van der Waals surface area contributed by atoms with Crippen LogP contribution < -0.4 is 0 Å². The largest absolute Gasteiger partial charge is 0.459 e. The number of benzene rings is 1. The average molecular weight is 247 g/mol.